The molecule has 0 aliphatic rings. The largest absolute Gasteiger partial charge is 0.357 e. The van der Waals surface area contributed by atoms with Gasteiger partial charge in [0, 0.05) is 38.1 Å². The van der Waals surface area contributed by atoms with Crippen LogP contribution in [-0.2, 0) is 6.54 Å². The molecule has 1 aromatic heterocycles. The van der Waals surface area contributed by atoms with Crippen molar-refractivity contribution < 1.29 is 0 Å². The van der Waals surface area contributed by atoms with Gasteiger partial charge < -0.3 is 15.2 Å². The smallest absolute Gasteiger partial charge is 0.191 e. The lowest BCUT2D eigenvalue weighted by Gasteiger charge is -2.17. The fourth-order valence-corrected chi connectivity index (χ4v) is 2.55. The molecule has 6 heteroatoms. The third kappa shape index (κ3) is 10.2. The number of imidazole rings is 1. The second-order valence-corrected chi connectivity index (χ2v) is 6.18. The normalized spacial score (nSPS) is 12.6. The van der Waals surface area contributed by atoms with Gasteiger partial charge in [0.05, 0.1) is 0 Å². The van der Waals surface area contributed by atoms with E-state index in [0.29, 0.717) is 6.04 Å². The predicted octanol–water partition coefficient (Wildman–Crippen LogP) is 4.11. The van der Waals surface area contributed by atoms with Gasteiger partial charge in [0.25, 0.3) is 0 Å². The van der Waals surface area contributed by atoms with Crippen LogP contribution in [0.15, 0.2) is 17.4 Å². The first-order valence-electron chi connectivity index (χ1n) is 9.20. The number of aromatic nitrogens is 2. The summed E-state index contributed by atoms with van der Waals surface area (Å²) < 4.78 is 2.20. The van der Waals surface area contributed by atoms with E-state index in [1.165, 1.54) is 25.7 Å². The van der Waals surface area contributed by atoms with Crippen molar-refractivity contribution in [3.63, 3.8) is 0 Å². The van der Waals surface area contributed by atoms with Gasteiger partial charge in [-0.25, -0.2) is 4.98 Å². The van der Waals surface area contributed by atoms with Gasteiger partial charge in [-0.1, -0.05) is 26.2 Å². The lowest BCUT2D eigenvalue weighted by atomic mass is 10.1. The van der Waals surface area contributed by atoms with E-state index in [1.54, 1.807) is 0 Å². The van der Waals surface area contributed by atoms with Crippen molar-refractivity contribution in [3.05, 3.63) is 18.2 Å². The van der Waals surface area contributed by atoms with Crippen LogP contribution < -0.4 is 10.6 Å². The maximum atomic E-state index is 4.69. The summed E-state index contributed by atoms with van der Waals surface area (Å²) in [5.74, 6) is 2.04. The van der Waals surface area contributed by atoms with Crippen molar-refractivity contribution in [1.29, 1.82) is 0 Å². The first kappa shape index (κ1) is 23.2. The molecule has 0 aromatic carbocycles. The van der Waals surface area contributed by atoms with Crippen LogP contribution >= 0.6 is 24.0 Å². The lowest BCUT2D eigenvalue weighted by molar-refractivity contribution is 0.545. The Morgan fingerprint density at radius 3 is 2.67 bits per heavy atom. The summed E-state index contributed by atoms with van der Waals surface area (Å²) in [6, 6.07) is 0.480. The third-order valence-electron chi connectivity index (χ3n) is 3.97. The van der Waals surface area contributed by atoms with Crippen molar-refractivity contribution >= 4 is 29.9 Å². The average Bonchev–Trinajstić information content (AvgIpc) is 2.92. The van der Waals surface area contributed by atoms with E-state index in [-0.39, 0.29) is 24.0 Å². The highest BCUT2D eigenvalue weighted by molar-refractivity contribution is 14.0. The number of unbranched alkanes of at least 4 members (excludes halogenated alkanes) is 3. The fraction of sp³-hybridized carbons (Fsp3) is 0.778. The van der Waals surface area contributed by atoms with Crippen LogP contribution in [0.4, 0.5) is 0 Å². The molecule has 0 spiro atoms. The number of hydrogen-bond donors (Lipinski definition) is 2. The van der Waals surface area contributed by atoms with Gasteiger partial charge in [-0.2, -0.15) is 0 Å². The number of nitrogens with zero attached hydrogens (tertiary/aromatic N) is 3. The molecule has 1 unspecified atom stereocenters. The van der Waals surface area contributed by atoms with E-state index in [2.05, 4.69) is 41.0 Å². The summed E-state index contributed by atoms with van der Waals surface area (Å²) >= 11 is 0. The summed E-state index contributed by atoms with van der Waals surface area (Å²) in [7, 11) is 0. The van der Waals surface area contributed by atoms with E-state index >= 15 is 0 Å². The van der Waals surface area contributed by atoms with Crippen molar-refractivity contribution in [1.82, 2.24) is 20.2 Å². The number of halogens is 1. The average molecular weight is 449 g/mol. The van der Waals surface area contributed by atoms with Crippen LogP contribution in [0.2, 0.25) is 0 Å². The molecule has 140 valence electrons. The highest BCUT2D eigenvalue weighted by Crippen LogP contribution is 2.03. The number of aryl methyl sites for hydroxylation is 2. The Morgan fingerprint density at radius 2 is 2.04 bits per heavy atom. The molecule has 2 N–H and O–H groups in total. The van der Waals surface area contributed by atoms with Crippen LogP contribution in [-0.4, -0.2) is 34.6 Å². The molecule has 1 aromatic rings. The minimum atomic E-state index is 0. The van der Waals surface area contributed by atoms with Gasteiger partial charge in [-0.3, -0.25) is 4.99 Å². The third-order valence-corrected chi connectivity index (χ3v) is 3.97. The number of hydrogen-bond acceptors (Lipinski definition) is 2. The van der Waals surface area contributed by atoms with Gasteiger partial charge in [0.2, 0.25) is 0 Å². The number of guanidine groups is 1. The van der Waals surface area contributed by atoms with Gasteiger partial charge in [0.1, 0.15) is 5.82 Å². The summed E-state index contributed by atoms with van der Waals surface area (Å²) in [6.07, 6.45) is 11.2. The first-order chi connectivity index (χ1) is 11.2. The zero-order valence-electron chi connectivity index (χ0n) is 15.8. The Labute approximate surface area is 165 Å². The molecule has 1 heterocycles. The summed E-state index contributed by atoms with van der Waals surface area (Å²) in [5, 5.41) is 6.86. The van der Waals surface area contributed by atoms with Crippen molar-refractivity contribution in [2.24, 2.45) is 4.99 Å². The standard InChI is InChI=1S/C18H35N5.HI/c1-5-7-8-11-16(3)22-18(19-6-2)21-12-9-10-14-23-15-13-20-17(23)4;/h13,15-16H,5-12,14H2,1-4H3,(H2,19,21,22);1H. The van der Waals surface area contributed by atoms with E-state index < -0.39 is 0 Å². The Balaban J connectivity index is 0.00000529. The van der Waals surface area contributed by atoms with Gasteiger partial charge in [0.15, 0.2) is 5.96 Å². The van der Waals surface area contributed by atoms with Crippen LogP contribution in [0.25, 0.3) is 0 Å². The zero-order chi connectivity index (χ0) is 16.9. The summed E-state index contributed by atoms with van der Waals surface area (Å²) in [6.45, 7) is 11.4. The quantitative estimate of drug-likeness (QED) is 0.231. The molecule has 1 atom stereocenters. The molecular formula is C18H36IN5. The highest BCUT2D eigenvalue weighted by atomic mass is 127. The minimum Gasteiger partial charge on any atom is -0.357 e. The van der Waals surface area contributed by atoms with E-state index in [4.69, 9.17) is 4.99 Å². The molecule has 5 nitrogen and oxygen atoms in total. The molecule has 0 saturated carbocycles. The molecule has 0 aliphatic carbocycles. The number of rotatable bonds is 11. The second-order valence-electron chi connectivity index (χ2n) is 6.18. The Morgan fingerprint density at radius 1 is 1.25 bits per heavy atom. The Hall–Kier alpha value is -0.790. The van der Waals surface area contributed by atoms with Crippen molar-refractivity contribution in [3.8, 4) is 0 Å². The van der Waals surface area contributed by atoms with Crippen LogP contribution in [0, 0.1) is 6.92 Å². The van der Waals surface area contributed by atoms with Gasteiger partial charge >= 0.3 is 0 Å². The minimum absolute atomic E-state index is 0. The van der Waals surface area contributed by atoms with Crippen LogP contribution in [0.5, 0.6) is 0 Å². The zero-order valence-corrected chi connectivity index (χ0v) is 18.2. The molecule has 0 fully saturated rings. The fourth-order valence-electron chi connectivity index (χ4n) is 2.55. The SMILES string of the molecule is CCCCCC(C)NC(=NCCCCn1ccnc1C)NCC.I. The Bertz CT molecular complexity index is 444. The van der Waals surface area contributed by atoms with E-state index in [9.17, 15) is 0 Å². The predicted molar refractivity (Wildman–Crippen MR) is 114 cm³/mol. The van der Waals surface area contributed by atoms with Crippen LogP contribution in [0.3, 0.4) is 0 Å². The second kappa shape index (κ2) is 14.5. The lowest BCUT2D eigenvalue weighted by Crippen LogP contribution is -2.42. The molecule has 0 aliphatic heterocycles. The molecule has 0 bridgehead atoms. The Kier molecular flexibility index (Phi) is 14.1. The molecule has 0 amide bonds. The van der Waals surface area contributed by atoms with Gasteiger partial charge in [-0.05, 0) is 40.0 Å². The first-order valence-corrected chi connectivity index (χ1v) is 9.20. The van der Waals surface area contributed by atoms with Gasteiger partial charge in [-0.15, -0.1) is 24.0 Å². The van der Waals surface area contributed by atoms with Crippen molar-refractivity contribution in [2.45, 2.75) is 78.8 Å². The maximum absolute atomic E-state index is 4.69. The monoisotopic (exact) mass is 449 g/mol. The van der Waals surface area contributed by atoms with Crippen molar-refractivity contribution in [2.75, 3.05) is 13.1 Å². The number of nitrogens with one attached hydrogen (secondary N) is 2. The summed E-state index contributed by atoms with van der Waals surface area (Å²) in [4.78, 5) is 8.94. The topological polar surface area (TPSA) is 54.2 Å². The molecule has 1 rings (SSSR count). The van der Waals surface area contributed by atoms with E-state index in [1.807, 2.05) is 19.3 Å². The molecule has 24 heavy (non-hydrogen) atoms. The molecule has 0 radical (unpaired) electrons. The highest BCUT2D eigenvalue weighted by Gasteiger charge is 2.04. The van der Waals surface area contributed by atoms with Crippen LogP contribution in [0.1, 0.15) is 65.1 Å². The molecule has 0 saturated heterocycles. The number of aliphatic imine (C=N–C) groups is 1. The van der Waals surface area contributed by atoms with E-state index in [0.717, 1.165) is 44.3 Å². The summed E-state index contributed by atoms with van der Waals surface area (Å²) in [5.41, 5.74) is 0. The maximum Gasteiger partial charge on any atom is 0.191 e. The molecular weight excluding hydrogens is 413 g/mol.